The molecule has 4 heteroatoms. The lowest BCUT2D eigenvalue weighted by molar-refractivity contribution is -0.120. The van der Waals surface area contributed by atoms with Gasteiger partial charge in [-0.2, -0.15) is 0 Å². The highest BCUT2D eigenvalue weighted by Crippen LogP contribution is 2.32. The van der Waals surface area contributed by atoms with Gasteiger partial charge in [-0.05, 0) is 63.4 Å². The highest BCUT2D eigenvalue weighted by atomic mass is 16.5. The molecule has 0 heterocycles. The average Bonchev–Trinajstić information content (AvgIpc) is 2.89. The van der Waals surface area contributed by atoms with Crippen LogP contribution in [0.15, 0.2) is 24.3 Å². The molecule has 1 aliphatic rings. The van der Waals surface area contributed by atoms with Crippen molar-refractivity contribution in [2.75, 3.05) is 11.9 Å². The zero-order valence-electron chi connectivity index (χ0n) is 12.3. The molecule has 4 nitrogen and oxygen atoms in total. The number of carbonyl (C=O) groups is 1. The van der Waals surface area contributed by atoms with Gasteiger partial charge in [-0.25, -0.2) is 0 Å². The molecule has 1 fully saturated rings. The van der Waals surface area contributed by atoms with Gasteiger partial charge >= 0.3 is 0 Å². The van der Waals surface area contributed by atoms with Crippen molar-refractivity contribution in [2.45, 2.75) is 39.2 Å². The van der Waals surface area contributed by atoms with E-state index in [1.807, 2.05) is 38.1 Å². The Bertz CT molecular complexity index is 442. The Hall–Kier alpha value is -1.55. The van der Waals surface area contributed by atoms with Crippen LogP contribution in [0.25, 0.3) is 0 Å². The topological polar surface area (TPSA) is 64.3 Å². The summed E-state index contributed by atoms with van der Waals surface area (Å²) in [5.74, 6) is 1.30. The van der Waals surface area contributed by atoms with E-state index in [1.54, 1.807) is 0 Å². The van der Waals surface area contributed by atoms with Gasteiger partial charge in [0.05, 0.1) is 6.10 Å². The maximum absolute atomic E-state index is 12.2. The van der Waals surface area contributed by atoms with Gasteiger partial charge in [0.2, 0.25) is 5.91 Å². The van der Waals surface area contributed by atoms with E-state index in [4.69, 9.17) is 10.5 Å². The van der Waals surface area contributed by atoms with Gasteiger partial charge in [-0.3, -0.25) is 4.79 Å². The minimum absolute atomic E-state index is 0.0617. The summed E-state index contributed by atoms with van der Waals surface area (Å²) in [5, 5.41) is 2.98. The second kappa shape index (κ2) is 6.75. The summed E-state index contributed by atoms with van der Waals surface area (Å²) in [6.45, 7) is 4.57. The third kappa shape index (κ3) is 3.73. The van der Waals surface area contributed by atoms with Crippen LogP contribution in [0.1, 0.15) is 33.1 Å². The fourth-order valence-corrected chi connectivity index (χ4v) is 2.79. The highest BCUT2D eigenvalue weighted by molar-refractivity contribution is 5.93. The molecule has 0 radical (unpaired) electrons. The van der Waals surface area contributed by atoms with Crippen LogP contribution in [-0.4, -0.2) is 18.6 Å². The standard InChI is InChI=1S/C16H24N2O2/c1-11(2)20-14-8-6-13(7-9-14)18-16(19)15-5-3-4-12(15)10-17/h6-9,11-12,15H,3-5,10,17H2,1-2H3,(H,18,19). The van der Waals surface area contributed by atoms with E-state index in [1.165, 1.54) is 0 Å². The molecule has 0 bridgehead atoms. The van der Waals surface area contributed by atoms with E-state index in [-0.39, 0.29) is 17.9 Å². The van der Waals surface area contributed by atoms with Gasteiger partial charge in [0.25, 0.3) is 0 Å². The van der Waals surface area contributed by atoms with Crippen LogP contribution in [0, 0.1) is 11.8 Å². The Morgan fingerprint density at radius 3 is 2.65 bits per heavy atom. The van der Waals surface area contributed by atoms with Crippen molar-refractivity contribution in [3.05, 3.63) is 24.3 Å². The number of ether oxygens (including phenoxy) is 1. The smallest absolute Gasteiger partial charge is 0.227 e. The molecule has 20 heavy (non-hydrogen) atoms. The third-order valence-corrected chi connectivity index (χ3v) is 3.79. The van der Waals surface area contributed by atoms with E-state index < -0.39 is 0 Å². The van der Waals surface area contributed by atoms with Crippen LogP contribution in [0.3, 0.4) is 0 Å². The molecule has 0 saturated heterocycles. The maximum atomic E-state index is 12.2. The van der Waals surface area contributed by atoms with Gasteiger partial charge in [0.1, 0.15) is 5.75 Å². The summed E-state index contributed by atoms with van der Waals surface area (Å²) >= 11 is 0. The minimum atomic E-state index is 0.0617. The van der Waals surface area contributed by atoms with Crippen LogP contribution in [0.2, 0.25) is 0 Å². The summed E-state index contributed by atoms with van der Waals surface area (Å²) in [6.07, 6.45) is 3.26. The predicted octanol–water partition coefficient (Wildman–Crippen LogP) is 2.79. The number of benzene rings is 1. The van der Waals surface area contributed by atoms with Gasteiger partial charge in [-0.1, -0.05) is 6.42 Å². The lowest BCUT2D eigenvalue weighted by Gasteiger charge is -2.17. The van der Waals surface area contributed by atoms with Crippen LogP contribution in [0.5, 0.6) is 5.75 Å². The molecule has 1 aromatic carbocycles. The first kappa shape index (κ1) is 14.9. The normalized spacial score (nSPS) is 22.0. The number of anilines is 1. The van der Waals surface area contributed by atoms with Gasteiger partial charge in [0, 0.05) is 11.6 Å². The Labute approximate surface area is 120 Å². The lowest BCUT2D eigenvalue weighted by atomic mass is 9.95. The van der Waals surface area contributed by atoms with Crippen LogP contribution < -0.4 is 15.8 Å². The molecule has 3 N–H and O–H groups in total. The molecule has 110 valence electrons. The zero-order valence-corrected chi connectivity index (χ0v) is 12.3. The molecular formula is C16H24N2O2. The summed E-state index contributed by atoms with van der Waals surface area (Å²) in [6, 6.07) is 7.51. The Morgan fingerprint density at radius 2 is 2.05 bits per heavy atom. The quantitative estimate of drug-likeness (QED) is 0.869. The van der Waals surface area contributed by atoms with E-state index in [2.05, 4.69) is 5.32 Å². The molecule has 0 aliphatic heterocycles. The first-order valence-electron chi connectivity index (χ1n) is 7.38. The Kier molecular flexibility index (Phi) is 5.01. The Balaban J connectivity index is 1.94. The number of nitrogens with two attached hydrogens (primary N) is 1. The van der Waals surface area contributed by atoms with Crippen molar-refractivity contribution >= 4 is 11.6 Å². The fourth-order valence-electron chi connectivity index (χ4n) is 2.79. The largest absolute Gasteiger partial charge is 0.491 e. The minimum Gasteiger partial charge on any atom is -0.491 e. The van der Waals surface area contributed by atoms with Crippen molar-refractivity contribution in [2.24, 2.45) is 17.6 Å². The number of nitrogens with one attached hydrogen (secondary N) is 1. The monoisotopic (exact) mass is 276 g/mol. The summed E-state index contributed by atoms with van der Waals surface area (Å²) < 4.78 is 5.58. The van der Waals surface area contributed by atoms with Crippen LogP contribution in [0.4, 0.5) is 5.69 Å². The first-order valence-corrected chi connectivity index (χ1v) is 7.38. The van der Waals surface area contributed by atoms with Crippen molar-refractivity contribution in [1.29, 1.82) is 0 Å². The molecule has 0 aromatic heterocycles. The zero-order chi connectivity index (χ0) is 14.5. The average molecular weight is 276 g/mol. The van der Waals surface area contributed by atoms with Gasteiger partial charge < -0.3 is 15.8 Å². The van der Waals surface area contributed by atoms with E-state index in [9.17, 15) is 4.79 Å². The number of amides is 1. The molecule has 1 saturated carbocycles. The summed E-state index contributed by atoms with van der Waals surface area (Å²) in [4.78, 5) is 12.2. The van der Waals surface area contributed by atoms with Crippen LogP contribution in [-0.2, 0) is 4.79 Å². The molecule has 0 spiro atoms. The molecule has 1 amide bonds. The summed E-state index contributed by atoms with van der Waals surface area (Å²) in [5.41, 5.74) is 6.54. The van der Waals surface area contributed by atoms with Crippen molar-refractivity contribution < 1.29 is 9.53 Å². The number of carbonyl (C=O) groups excluding carboxylic acids is 1. The maximum Gasteiger partial charge on any atom is 0.227 e. The second-order valence-electron chi connectivity index (χ2n) is 5.71. The second-order valence-corrected chi connectivity index (χ2v) is 5.71. The van der Waals surface area contributed by atoms with Crippen molar-refractivity contribution in [3.63, 3.8) is 0 Å². The molecule has 2 unspecified atom stereocenters. The van der Waals surface area contributed by atoms with E-state index in [0.29, 0.717) is 12.5 Å². The summed E-state index contributed by atoms with van der Waals surface area (Å²) in [7, 11) is 0. The molecule has 1 aromatic rings. The van der Waals surface area contributed by atoms with Gasteiger partial charge in [-0.15, -0.1) is 0 Å². The number of hydrogen-bond acceptors (Lipinski definition) is 3. The predicted molar refractivity (Wildman–Crippen MR) is 80.7 cm³/mol. The molecule has 1 aliphatic carbocycles. The molecule has 2 rings (SSSR count). The third-order valence-electron chi connectivity index (χ3n) is 3.79. The van der Waals surface area contributed by atoms with Crippen molar-refractivity contribution in [3.8, 4) is 5.75 Å². The Morgan fingerprint density at radius 1 is 1.35 bits per heavy atom. The van der Waals surface area contributed by atoms with Gasteiger partial charge in [0.15, 0.2) is 0 Å². The van der Waals surface area contributed by atoms with Crippen molar-refractivity contribution in [1.82, 2.24) is 0 Å². The highest BCUT2D eigenvalue weighted by Gasteiger charge is 2.31. The number of rotatable bonds is 5. The SMILES string of the molecule is CC(C)Oc1ccc(NC(=O)C2CCCC2CN)cc1. The first-order chi connectivity index (χ1) is 9.60. The van der Waals surface area contributed by atoms with E-state index in [0.717, 1.165) is 30.7 Å². The fraction of sp³-hybridized carbons (Fsp3) is 0.562. The molecule has 2 atom stereocenters. The molecular weight excluding hydrogens is 252 g/mol. The number of hydrogen-bond donors (Lipinski definition) is 2. The lowest BCUT2D eigenvalue weighted by Crippen LogP contribution is -2.29. The van der Waals surface area contributed by atoms with E-state index >= 15 is 0 Å². The van der Waals surface area contributed by atoms with Crippen LogP contribution >= 0.6 is 0 Å².